The Morgan fingerprint density at radius 1 is 1.15 bits per heavy atom. The first kappa shape index (κ1) is 15.1. The molecule has 1 aromatic heterocycles. The molecule has 1 N–H and O–H groups in total. The van der Waals surface area contributed by atoms with Gasteiger partial charge in [0, 0.05) is 17.0 Å². The van der Waals surface area contributed by atoms with Gasteiger partial charge in [-0.15, -0.1) is 11.3 Å². The number of aryl methyl sites for hydroxylation is 1. The Morgan fingerprint density at radius 2 is 1.85 bits per heavy atom. The Hall–Kier alpha value is -1.26. The van der Waals surface area contributed by atoms with Crippen LogP contribution in [0.5, 0.6) is 0 Å². The molecule has 0 bridgehead atoms. The molecule has 20 heavy (non-hydrogen) atoms. The van der Waals surface area contributed by atoms with E-state index in [1.54, 1.807) is 11.3 Å². The van der Waals surface area contributed by atoms with Crippen LogP contribution in [0.25, 0.3) is 0 Å². The maximum absolute atomic E-state index is 13.3. The lowest BCUT2D eigenvalue weighted by molar-refractivity contribution is 0.542. The molecule has 2 aromatic rings. The minimum Gasteiger partial charge on any atom is -0.309 e. The van der Waals surface area contributed by atoms with Crippen molar-refractivity contribution in [2.24, 2.45) is 0 Å². The Labute approximate surface area is 122 Å². The van der Waals surface area contributed by atoms with E-state index < -0.39 is 11.6 Å². The van der Waals surface area contributed by atoms with Crippen LogP contribution < -0.4 is 5.32 Å². The predicted molar refractivity (Wildman–Crippen MR) is 80.2 cm³/mol. The van der Waals surface area contributed by atoms with Crippen molar-refractivity contribution < 1.29 is 8.78 Å². The summed E-state index contributed by atoms with van der Waals surface area (Å²) in [6, 6.07) is 5.96. The van der Waals surface area contributed by atoms with Crippen molar-refractivity contribution in [3.8, 4) is 0 Å². The summed E-state index contributed by atoms with van der Waals surface area (Å²) < 4.78 is 26.6. The van der Waals surface area contributed by atoms with E-state index in [9.17, 15) is 8.78 Å². The number of hydrogen-bond acceptors (Lipinski definition) is 2. The van der Waals surface area contributed by atoms with Gasteiger partial charge in [0.25, 0.3) is 0 Å². The third kappa shape index (κ3) is 3.64. The van der Waals surface area contributed by atoms with E-state index in [0.717, 1.165) is 19.0 Å². The van der Waals surface area contributed by atoms with Crippen LogP contribution in [0.15, 0.2) is 29.6 Å². The van der Waals surface area contributed by atoms with Crippen LogP contribution in [0.4, 0.5) is 8.78 Å². The molecule has 2 rings (SSSR count). The molecule has 0 fully saturated rings. The minimum atomic E-state index is -0.517. The topological polar surface area (TPSA) is 12.0 Å². The second-order valence-electron chi connectivity index (χ2n) is 4.76. The molecule has 0 aliphatic rings. The van der Waals surface area contributed by atoms with Crippen molar-refractivity contribution in [3.05, 3.63) is 57.3 Å². The summed E-state index contributed by atoms with van der Waals surface area (Å²) in [6.07, 6.45) is 1.56. The van der Waals surface area contributed by atoms with E-state index in [4.69, 9.17) is 0 Å². The Morgan fingerprint density at radius 3 is 2.45 bits per heavy atom. The van der Waals surface area contributed by atoms with Crippen molar-refractivity contribution in [3.63, 3.8) is 0 Å². The molecule has 0 saturated heterocycles. The van der Waals surface area contributed by atoms with Gasteiger partial charge in [-0.1, -0.05) is 13.8 Å². The molecule has 0 amide bonds. The highest BCUT2D eigenvalue weighted by atomic mass is 32.1. The van der Waals surface area contributed by atoms with E-state index in [0.29, 0.717) is 12.0 Å². The number of thiophene rings is 1. The Bertz CT molecular complexity index is 545. The summed E-state index contributed by atoms with van der Waals surface area (Å²) in [5.74, 6) is -1.03. The van der Waals surface area contributed by atoms with Crippen LogP contribution in [-0.2, 0) is 12.8 Å². The fraction of sp³-hybridized carbons (Fsp3) is 0.375. The van der Waals surface area contributed by atoms with E-state index in [-0.39, 0.29) is 6.04 Å². The van der Waals surface area contributed by atoms with Gasteiger partial charge in [0.2, 0.25) is 0 Å². The highest BCUT2D eigenvalue weighted by molar-refractivity contribution is 7.10. The lowest BCUT2D eigenvalue weighted by Gasteiger charge is -2.18. The molecule has 108 valence electrons. The van der Waals surface area contributed by atoms with Gasteiger partial charge in [0.05, 0.1) is 0 Å². The van der Waals surface area contributed by atoms with Gasteiger partial charge in [0.15, 0.2) is 0 Å². The van der Waals surface area contributed by atoms with Crippen molar-refractivity contribution in [1.82, 2.24) is 5.32 Å². The maximum Gasteiger partial charge on any atom is 0.126 e. The number of rotatable bonds is 6. The lowest BCUT2D eigenvalue weighted by atomic mass is 10.0. The molecule has 0 radical (unpaired) electrons. The lowest BCUT2D eigenvalue weighted by Crippen LogP contribution is -2.23. The van der Waals surface area contributed by atoms with Gasteiger partial charge in [-0.2, -0.15) is 0 Å². The summed E-state index contributed by atoms with van der Waals surface area (Å²) >= 11 is 1.70. The van der Waals surface area contributed by atoms with Crippen LogP contribution >= 0.6 is 11.3 Å². The molecule has 1 heterocycles. The molecular formula is C16H19F2NS. The van der Waals surface area contributed by atoms with Crippen molar-refractivity contribution >= 4 is 11.3 Å². The number of halogens is 2. The quantitative estimate of drug-likeness (QED) is 0.828. The van der Waals surface area contributed by atoms with E-state index in [2.05, 4.69) is 23.7 Å². The summed E-state index contributed by atoms with van der Waals surface area (Å²) in [5, 5.41) is 5.49. The monoisotopic (exact) mass is 295 g/mol. The van der Waals surface area contributed by atoms with Crippen LogP contribution in [0.2, 0.25) is 0 Å². The average Bonchev–Trinajstić information content (AvgIpc) is 2.85. The Balaban J connectivity index is 2.25. The highest BCUT2D eigenvalue weighted by Crippen LogP contribution is 2.28. The van der Waals surface area contributed by atoms with Crippen molar-refractivity contribution in [2.75, 3.05) is 6.54 Å². The summed E-state index contributed by atoms with van der Waals surface area (Å²) in [4.78, 5) is 1.26. The first-order chi connectivity index (χ1) is 9.63. The zero-order valence-corrected chi connectivity index (χ0v) is 12.6. The SMILES string of the molecule is CCNC(Cc1cc(F)cc(F)c1)c1sccc1CC. The molecule has 1 unspecified atom stereocenters. The number of hydrogen-bond donors (Lipinski definition) is 1. The van der Waals surface area contributed by atoms with Crippen molar-refractivity contribution in [2.45, 2.75) is 32.7 Å². The summed E-state index contributed by atoms with van der Waals surface area (Å²) in [5.41, 5.74) is 1.99. The highest BCUT2D eigenvalue weighted by Gasteiger charge is 2.16. The molecule has 0 aliphatic heterocycles. The van der Waals surface area contributed by atoms with Crippen molar-refractivity contribution in [1.29, 1.82) is 0 Å². The van der Waals surface area contributed by atoms with E-state index >= 15 is 0 Å². The second kappa shape index (κ2) is 6.95. The third-order valence-electron chi connectivity index (χ3n) is 3.29. The zero-order chi connectivity index (χ0) is 14.5. The van der Waals surface area contributed by atoms with Crippen LogP contribution in [0.3, 0.4) is 0 Å². The number of nitrogens with one attached hydrogen (secondary N) is 1. The van der Waals surface area contributed by atoms with E-state index in [1.807, 2.05) is 6.92 Å². The molecule has 1 aromatic carbocycles. The molecule has 1 atom stereocenters. The van der Waals surface area contributed by atoms with Crippen LogP contribution in [0.1, 0.15) is 35.9 Å². The van der Waals surface area contributed by atoms with Gasteiger partial charge in [0.1, 0.15) is 11.6 Å². The molecule has 4 heteroatoms. The first-order valence-electron chi connectivity index (χ1n) is 6.88. The molecule has 1 nitrogen and oxygen atoms in total. The molecule has 0 saturated carbocycles. The summed E-state index contributed by atoms with van der Waals surface area (Å²) in [7, 11) is 0. The van der Waals surface area contributed by atoms with Gasteiger partial charge in [-0.05, 0) is 54.1 Å². The smallest absolute Gasteiger partial charge is 0.126 e. The average molecular weight is 295 g/mol. The number of benzene rings is 1. The predicted octanol–water partition coefficient (Wildman–Crippen LogP) is 4.48. The minimum absolute atomic E-state index is 0.108. The normalized spacial score (nSPS) is 12.6. The Kier molecular flexibility index (Phi) is 5.26. The molecular weight excluding hydrogens is 276 g/mol. The molecule has 0 spiro atoms. The largest absolute Gasteiger partial charge is 0.309 e. The van der Waals surface area contributed by atoms with Gasteiger partial charge in [-0.25, -0.2) is 8.78 Å². The zero-order valence-electron chi connectivity index (χ0n) is 11.7. The maximum atomic E-state index is 13.3. The first-order valence-corrected chi connectivity index (χ1v) is 7.76. The van der Waals surface area contributed by atoms with Gasteiger partial charge in [-0.3, -0.25) is 0 Å². The van der Waals surface area contributed by atoms with Crippen LogP contribution in [0, 0.1) is 11.6 Å². The summed E-state index contributed by atoms with van der Waals surface area (Å²) in [6.45, 7) is 4.98. The second-order valence-corrected chi connectivity index (χ2v) is 5.70. The van der Waals surface area contributed by atoms with E-state index in [1.165, 1.54) is 22.6 Å². The fourth-order valence-corrected chi connectivity index (χ4v) is 3.49. The fourth-order valence-electron chi connectivity index (χ4n) is 2.41. The van der Waals surface area contributed by atoms with Crippen LogP contribution in [-0.4, -0.2) is 6.54 Å². The van der Waals surface area contributed by atoms with Gasteiger partial charge < -0.3 is 5.32 Å². The number of likely N-dealkylation sites (N-methyl/N-ethyl adjacent to an activating group) is 1. The standard InChI is InChI=1S/C16H19F2NS/c1-3-12-5-6-20-16(12)15(19-4-2)9-11-7-13(17)10-14(18)8-11/h5-8,10,15,19H,3-4,9H2,1-2H3. The molecule has 0 aliphatic carbocycles. The third-order valence-corrected chi connectivity index (χ3v) is 4.36. The van der Waals surface area contributed by atoms with Gasteiger partial charge >= 0.3 is 0 Å².